The van der Waals surface area contributed by atoms with Gasteiger partial charge in [-0.2, -0.15) is 15.0 Å². The number of hydrogen-bond acceptors (Lipinski definition) is 6. The van der Waals surface area contributed by atoms with Crippen molar-refractivity contribution in [3.05, 3.63) is 42.2 Å². The van der Waals surface area contributed by atoms with E-state index in [1.807, 2.05) is 30.3 Å². The van der Waals surface area contributed by atoms with Gasteiger partial charge in [-0.05, 0) is 12.1 Å². The summed E-state index contributed by atoms with van der Waals surface area (Å²) in [4.78, 5) is 3.84. The Morgan fingerprint density at radius 2 is 2.00 bits per heavy atom. The molecule has 0 bridgehead atoms. The van der Waals surface area contributed by atoms with E-state index in [0.717, 1.165) is 37.7 Å². The van der Waals surface area contributed by atoms with Crippen LogP contribution in [0.5, 0.6) is 0 Å². The van der Waals surface area contributed by atoms with E-state index in [0.29, 0.717) is 19.6 Å². The number of aliphatic hydroxyl groups is 1. The largest absolute Gasteiger partial charge is 0.390 e. The van der Waals surface area contributed by atoms with Crippen LogP contribution in [0, 0.1) is 0 Å². The number of morpholine rings is 1. The zero-order valence-corrected chi connectivity index (χ0v) is 13.1. The van der Waals surface area contributed by atoms with Crippen LogP contribution >= 0.6 is 0 Å². The number of para-hydroxylation sites is 1. The quantitative estimate of drug-likeness (QED) is 0.752. The van der Waals surface area contributed by atoms with E-state index in [-0.39, 0.29) is 0 Å². The van der Waals surface area contributed by atoms with Gasteiger partial charge in [-0.25, -0.2) is 0 Å². The molecule has 1 aromatic carbocycles. The molecular weight excluding hydrogens is 294 g/mol. The Hall–Kier alpha value is -1.80. The summed E-state index contributed by atoms with van der Waals surface area (Å²) in [6.45, 7) is 5.09. The average molecular weight is 317 g/mol. The molecule has 1 unspecified atom stereocenters. The molecule has 2 N–H and O–H groups in total. The van der Waals surface area contributed by atoms with Gasteiger partial charge in [-0.3, -0.25) is 4.90 Å². The molecule has 7 heteroatoms. The number of aliphatic hydroxyl groups excluding tert-OH is 1. The highest BCUT2D eigenvalue weighted by molar-refractivity contribution is 5.28. The number of hydrogen-bond donors (Lipinski definition) is 2. The molecule has 124 valence electrons. The number of nitrogens with zero attached hydrogens (tertiary/aromatic N) is 4. The SMILES string of the molecule is OC(CNCc1cnn(-c2ccccc2)n1)CN1CCOCC1. The van der Waals surface area contributed by atoms with Crippen molar-refractivity contribution in [3.8, 4) is 5.69 Å². The smallest absolute Gasteiger partial charge is 0.0969 e. The Morgan fingerprint density at radius 3 is 2.78 bits per heavy atom. The minimum Gasteiger partial charge on any atom is -0.390 e. The highest BCUT2D eigenvalue weighted by atomic mass is 16.5. The highest BCUT2D eigenvalue weighted by Crippen LogP contribution is 2.04. The fourth-order valence-electron chi connectivity index (χ4n) is 2.57. The zero-order valence-electron chi connectivity index (χ0n) is 13.1. The van der Waals surface area contributed by atoms with Crippen molar-refractivity contribution in [1.29, 1.82) is 0 Å². The van der Waals surface area contributed by atoms with Crippen LogP contribution in [0.4, 0.5) is 0 Å². The first-order valence-corrected chi connectivity index (χ1v) is 7.97. The molecule has 2 aromatic rings. The molecule has 1 aliphatic rings. The maximum atomic E-state index is 10.1. The lowest BCUT2D eigenvalue weighted by Gasteiger charge is -2.28. The predicted molar refractivity (Wildman–Crippen MR) is 86.3 cm³/mol. The van der Waals surface area contributed by atoms with Gasteiger partial charge < -0.3 is 15.2 Å². The van der Waals surface area contributed by atoms with Crippen LogP contribution in [0.25, 0.3) is 5.69 Å². The fraction of sp³-hybridized carbons (Fsp3) is 0.500. The van der Waals surface area contributed by atoms with Crippen molar-refractivity contribution in [2.75, 3.05) is 39.4 Å². The molecule has 2 heterocycles. The summed E-state index contributed by atoms with van der Waals surface area (Å²) in [5.41, 5.74) is 1.79. The fourth-order valence-corrected chi connectivity index (χ4v) is 2.57. The maximum Gasteiger partial charge on any atom is 0.0969 e. The minimum atomic E-state index is -0.391. The Bertz CT molecular complexity index is 583. The Kier molecular flexibility index (Phi) is 5.71. The van der Waals surface area contributed by atoms with Crippen molar-refractivity contribution >= 4 is 0 Å². The molecule has 1 saturated heterocycles. The van der Waals surface area contributed by atoms with E-state index in [4.69, 9.17) is 4.74 Å². The lowest BCUT2D eigenvalue weighted by atomic mass is 10.3. The van der Waals surface area contributed by atoms with Crippen LogP contribution in [0.3, 0.4) is 0 Å². The summed E-state index contributed by atoms with van der Waals surface area (Å²) in [5, 5.41) is 22.0. The van der Waals surface area contributed by atoms with Gasteiger partial charge >= 0.3 is 0 Å². The number of rotatable bonds is 7. The van der Waals surface area contributed by atoms with Gasteiger partial charge in [0.1, 0.15) is 0 Å². The lowest BCUT2D eigenvalue weighted by Crippen LogP contribution is -2.43. The third-order valence-electron chi connectivity index (χ3n) is 3.79. The van der Waals surface area contributed by atoms with Crippen LogP contribution in [0.15, 0.2) is 36.5 Å². The molecule has 7 nitrogen and oxygen atoms in total. The first-order valence-electron chi connectivity index (χ1n) is 7.97. The van der Waals surface area contributed by atoms with Gasteiger partial charge in [-0.1, -0.05) is 18.2 Å². The summed E-state index contributed by atoms with van der Waals surface area (Å²) in [5.74, 6) is 0. The van der Waals surface area contributed by atoms with Gasteiger partial charge in [0.2, 0.25) is 0 Å². The molecule has 0 aliphatic carbocycles. The zero-order chi connectivity index (χ0) is 15.9. The van der Waals surface area contributed by atoms with Crippen molar-refractivity contribution in [3.63, 3.8) is 0 Å². The molecular formula is C16H23N5O2. The van der Waals surface area contributed by atoms with Crippen LogP contribution in [-0.4, -0.2) is 70.5 Å². The Balaban J connectivity index is 1.41. The number of benzene rings is 1. The second kappa shape index (κ2) is 8.16. The standard InChI is InChI=1S/C16H23N5O2/c22-16(13-20-6-8-23-9-7-20)12-17-10-14-11-18-21(19-14)15-4-2-1-3-5-15/h1-5,11,16-17,22H,6-10,12-13H2. The number of ether oxygens (including phenoxy) is 1. The van der Waals surface area contributed by atoms with E-state index in [2.05, 4.69) is 20.4 Å². The van der Waals surface area contributed by atoms with Gasteiger partial charge in [0.15, 0.2) is 0 Å². The van der Waals surface area contributed by atoms with Gasteiger partial charge in [0.25, 0.3) is 0 Å². The normalized spacial score (nSPS) is 17.3. The van der Waals surface area contributed by atoms with Crippen LogP contribution in [-0.2, 0) is 11.3 Å². The molecule has 1 aromatic heterocycles. The van der Waals surface area contributed by atoms with E-state index < -0.39 is 6.10 Å². The van der Waals surface area contributed by atoms with E-state index in [9.17, 15) is 5.11 Å². The Labute approximate surface area is 135 Å². The Morgan fingerprint density at radius 1 is 1.22 bits per heavy atom. The van der Waals surface area contributed by atoms with E-state index >= 15 is 0 Å². The van der Waals surface area contributed by atoms with Crippen molar-refractivity contribution < 1.29 is 9.84 Å². The molecule has 0 spiro atoms. The minimum absolute atomic E-state index is 0.391. The van der Waals surface area contributed by atoms with Crippen LogP contribution in [0.1, 0.15) is 5.69 Å². The van der Waals surface area contributed by atoms with Gasteiger partial charge in [-0.15, -0.1) is 0 Å². The summed E-state index contributed by atoms with van der Waals surface area (Å²) in [6.07, 6.45) is 1.35. The van der Waals surface area contributed by atoms with Gasteiger partial charge in [0.05, 0.1) is 36.9 Å². The summed E-state index contributed by atoms with van der Waals surface area (Å²) in [7, 11) is 0. The second-order valence-corrected chi connectivity index (χ2v) is 5.66. The molecule has 1 atom stereocenters. The third-order valence-corrected chi connectivity index (χ3v) is 3.79. The maximum absolute atomic E-state index is 10.1. The number of β-amino-alcohol motifs (C(OH)–C–C–N with tert-alkyl or cyclic N) is 1. The van der Waals surface area contributed by atoms with Crippen molar-refractivity contribution in [2.24, 2.45) is 0 Å². The van der Waals surface area contributed by atoms with Crippen LogP contribution in [0.2, 0.25) is 0 Å². The van der Waals surface area contributed by atoms with Crippen LogP contribution < -0.4 is 5.32 Å². The molecule has 1 aliphatic heterocycles. The summed E-state index contributed by atoms with van der Waals surface area (Å²) in [6, 6.07) is 9.80. The van der Waals surface area contributed by atoms with Crippen molar-refractivity contribution in [2.45, 2.75) is 12.6 Å². The number of nitrogens with one attached hydrogen (secondary N) is 1. The summed E-state index contributed by atoms with van der Waals surface area (Å²) >= 11 is 0. The van der Waals surface area contributed by atoms with Gasteiger partial charge in [0, 0.05) is 32.7 Å². The molecule has 3 rings (SSSR count). The average Bonchev–Trinajstić information content (AvgIpc) is 3.05. The molecule has 23 heavy (non-hydrogen) atoms. The topological polar surface area (TPSA) is 75.4 Å². The second-order valence-electron chi connectivity index (χ2n) is 5.66. The summed E-state index contributed by atoms with van der Waals surface area (Å²) < 4.78 is 5.30. The molecule has 1 fully saturated rings. The monoisotopic (exact) mass is 317 g/mol. The highest BCUT2D eigenvalue weighted by Gasteiger charge is 2.14. The van der Waals surface area contributed by atoms with Crippen molar-refractivity contribution in [1.82, 2.24) is 25.2 Å². The first kappa shape index (κ1) is 16.1. The molecule has 0 radical (unpaired) electrons. The molecule has 0 amide bonds. The molecule has 0 saturated carbocycles. The predicted octanol–water partition coefficient (Wildman–Crippen LogP) is 0.0500. The third kappa shape index (κ3) is 4.84. The number of aromatic nitrogens is 3. The first-order chi connectivity index (χ1) is 11.3. The van der Waals surface area contributed by atoms with E-state index in [1.165, 1.54) is 0 Å². The lowest BCUT2D eigenvalue weighted by molar-refractivity contribution is 0.0149. The van der Waals surface area contributed by atoms with E-state index in [1.54, 1.807) is 11.0 Å².